The highest BCUT2D eigenvalue weighted by Gasteiger charge is 2.17. The summed E-state index contributed by atoms with van der Waals surface area (Å²) in [7, 11) is 0. The molecule has 0 unspecified atom stereocenters. The number of para-hydroxylation sites is 1. The van der Waals surface area contributed by atoms with Crippen molar-refractivity contribution in [3.05, 3.63) is 84.6 Å². The van der Waals surface area contributed by atoms with Gasteiger partial charge in [0.25, 0.3) is 0 Å². The molecular weight excluding hydrogens is 282 g/mol. The summed E-state index contributed by atoms with van der Waals surface area (Å²) >= 11 is 0. The summed E-state index contributed by atoms with van der Waals surface area (Å²) in [5, 5.41) is 0. The number of nitrogens with zero attached hydrogens (tertiary/aromatic N) is 1. The van der Waals surface area contributed by atoms with Crippen LogP contribution in [0, 0.1) is 0 Å². The van der Waals surface area contributed by atoms with Crippen LogP contribution in [0.15, 0.2) is 79.0 Å². The quantitative estimate of drug-likeness (QED) is 0.651. The average molecular weight is 305 g/mol. The first kappa shape index (κ1) is 16.8. The van der Waals surface area contributed by atoms with Gasteiger partial charge in [0.2, 0.25) is 5.91 Å². The van der Waals surface area contributed by atoms with E-state index in [4.69, 9.17) is 0 Å². The zero-order valence-corrected chi connectivity index (χ0v) is 13.8. The minimum atomic E-state index is 0.0881. The lowest BCUT2D eigenvalue weighted by Crippen LogP contribution is -2.29. The van der Waals surface area contributed by atoms with Crippen molar-refractivity contribution in [3.8, 4) is 0 Å². The van der Waals surface area contributed by atoms with Crippen LogP contribution in [0.3, 0.4) is 0 Å². The summed E-state index contributed by atoms with van der Waals surface area (Å²) in [6.07, 6.45) is 3.23. The van der Waals surface area contributed by atoms with E-state index in [0.29, 0.717) is 6.42 Å². The van der Waals surface area contributed by atoms with Crippen LogP contribution in [0.4, 0.5) is 5.69 Å². The van der Waals surface area contributed by atoms with Gasteiger partial charge in [-0.1, -0.05) is 69.0 Å². The molecule has 0 N–H and O–H groups in total. The Kier molecular flexibility index (Phi) is 5.93. The molecule has 0 saturated heterocycles. The fraction of sp³-hybridized carbons (Fsp3) is 0.190. The third kappa shape index (κ3) is 4.19. The van der Waals surface area contributed by atoms with Crippen molar-refractivity contribution in [1.29, 1.82) is 0 Å². The topological polar surface area (TPSA) is 20.3 Å². The normalized spacial score (nSPS) is 11.1. The summed E-state index contributed by atoms with van der Waals surface area (Å²) < 4.78 is 0. The van der Waals surface area contributed by atoms with Gasteiger partial charge < -0.3 is 0 Å². The number of hydrogen-bond acceptors (Lipinski definition) is 1. The molecule has 23 heavy (non-hydrogen) atoms. The molecule has 0 fully saturated rings. The Morgan fingerprint density at radius 3 is 2.04 bits per heavy atom. The van der Waals surface area contributed by atoms with E-state index in [2.05, 4.69) is 13.5 Å². The Bertz CT molecular complexity index is 686. The van der Waals surface area contributed by atoms with E-state index in [-0.39, 0.29) is 5.91 Å². The summed E-state index contributed by atoms with van der Waals surface area (Å²) in [6.45, 7) is 8.10. The van der Waals surface area contributed by atoms with Gasteiger partial charge in [-0.05, 0) is 35.8 Å². The maximum atomic E-state index is 12.5. The monoisotopic (exact) mass is 305 g/mol. The maximum absolute atomic E-state index is 12.5. The van der Waals surface area contributed by atoms with Gasteiger partial charge in [0, 0.05) is 17.8 Å². The molecule has 0 heterocycles. The van der Waals surface area contributed by atoms with Crippen LogP contribution in [-0.4, -0.2) is 5.91 Å². The molecule has 2 nitrogen and oxygen atoms in total. The second-order valence-corrected chi connectivity index (χ2v) is 5.30. The van der Waals surface area contributed by atoms with Gasteiger partial charge in [-0.2, -0.15) is 0 Å². The van der Waals surface area contributed by atoms with E-state index in [1.165, 1.54) is 0 Å². The molecule has 2 rings (SSSR count). The number of anilines is 1. The zero-order valence-electron chi connectivity index (χ0n) is 13.8. The Morgan fingerprint density at radius 1 is 0.957 bits per heavy atom. The van der Waals surface area contributed by atoms with Gasteiger partial charge in [-0.15, -0.1) is 0 Å². The molecule has 2 heteroatoms. The van der Waals surface area contributed by atoms with Crippen LogP contribution < -0.4 is 4.90 Å². The van der Waals surface area contributed by atoms with Gasteiger partial charge in [0.05, 0.1) is 0 Å². The minimum Gasteiger partial charge on any atom is -0.285 e. The molecule has 0 spiro atoms. The molecule has 0 radical (unpaired) electrons. The molecule has 0 atom stereocenters. The summed E-state index contributed by atoms with van der Waals surface area (Å²) in [4.78, 5) is 14.3. The second kappa shape index (κ2) is 8.14. The summed E-state index contributed by atoms with van der Waals surface area (Å²) in [5.41, 5.74) is 3.83. The molecule has 2 aromatic carbocycles. The molecular formula is C21H23NO. The second-order valence-electron chi connectivity index (χ2n) is 5.30. The first-order chi connectivity index (χ1) is 11.2. The highest BCUT2D eigenvalue weighted by Crippen LogP contribution is 2.25. The van der Waals surface area contributed by atoms with Gasteiger partial charge in [0.15, 0.2) is 0 Å². The van der Waals surface area contributed by atoms with Crippen molar-refractivity contribution >= 4 is 17.2 Å². The number of carbonyl (C=O) groups excluding carboxylic acids is 1. The fourth-order valence-electron chi connectivity index (χ4n) is 2.47. The van der Waals surface area contributed by atoms with Crippen LogP contribution in [0.2, 0.25) is 0 Å². The van der Waals surface area contributed by atoms with Crippen LogP contribution >= 0.6 is 0 Å². The third-order valence-corrected chi connectivity index (χ3v) is 3.70. The Balaban J connectivity index is 2.40. The van der Waals surface area contributed by atoms with E-state index in [1.54, 1.807) is 4.90 Å². The average Bonchev–Trinajstić information content (AvgIpc) is 2.62. The number of allylic oxidation sites excluding steroid dienone is 3. The molecule has 0 saturated carbocycles. The number of hydrogen-bond donors (Lipinski definition) is 0. The number of carbonyl (C=O) groups is 1. The first-order valence-corrected chi connectivity index (χ1v) is 8.00. The van der Waals surface area contributed by atoms with E-state index in [9.17, 15) is 4.79 Å². The minimum absolute atomic E-state index is 0.0881. The van der Waals surface area contributed by atoms with Gasteiger partial charge in [0.1, 0.15) is 0 Å². The van der Waals surface area contributed by atoms with Crippen molar-refractivity contribution in [2.45, 2.75) is 26.7 Å². The van der Waals surface area contributed by atoms with E-state index >= 15 is 0 Å². The highest BCUT2D eigenvalue weighted by molar-refractivity contribution is 5.97. The summed E-state index contributed by atoms with van der Waals surface area (Å²) in [6, 6.07) is 19.8. The first-order valence-electron chi connectivity index (χ1n) is 8.00. The van der Waals surface area contributed by atoms with Crippen molar-refractivity contribution in [3.63, 3.8) is 0 Å². The molecule has 0 aromatic heterocycles. The number of amides is 1. The molecule has 0 aliphatic heterocycles. The Hall–Kier alpha value is -2.61. The third-order valence-electron chi connectivity index (χ3n) is 3.70. The smallest absolute Gasteiger partial charge is 0.230 e. The van der Waals surface area contributed by atoms with E-state index < -0.39 is 0 Å². The number of benzene rings is 2. The standard InChI is InChI=1S/C21H23NO/c1-4-19(16-17(3)18-12-8-6-9-13-18)22(21(23)5-2)20-14-10-7-11-15-20/h6-16H,3-5H2,1-2H3/b19-16+. The molecule has 118 valence electrons. The molecule has 1 amide bonds. The SMILES string of the molecule is C=C(/C=C(\CC)N(C(=O)CC)c1ccccc1)c1ccccc1. The number of rotatable bonds is 6. The van der Waals surface area contributed by atoms with Crippen molar-refractivity contribution in [1.82, 2.24) is 0 Å². The van der Waals surface area contributed by atoms with Crippen LogP contribution in [0.1, 0.15) is 32.3 Å². The van der Waals surface area contributed by atoms with Crippen molar-refractivity contribution in [2.24, 2.45) is 0 Å². The van der Waals surface area contributed by atoms with E-state index in [0.717, 1.165) is 28.9 Å². The van der Waals surface area contributed by atoms with Crippen LogP contribution in [0.25, 0.3) is 5.57 Å². The maximum Gasteiger partial charge on any atom is 0.230 e. The predicted molar refractivity (Wildman–Crippen MR) is 98.1 cm³/mol. The van der Waals surface area contributed by atoms with Crippen LogP contribution in [0.5, 0.6) is 0 Å². The van der Waals surface area contributed by atoms with Gasteiger partial charge in [-0.3, -0.25) is 9.69 Å². The molecule has 0 bridgehead atoms. The molecule has 2 aromatic rings. The van der Waals surface area contributed by atoms with Crippen molar-refractivity contribution < 1.29 is 4.79 Å². The van der Waals surface area contributed by atoms with Crippen LogP contribution in [-0.2, 0) is 4.79 Å². The molecule has 0 aliphatic rings. The Labute approximate surface area is 138 Å². The van der Waals surface area contributed by atoms with Gasteiger partial charge in [-0.25, -0.2) is 0 Å². The lowest BCUT2D eigenvalue weighted by molar-refractivity contribution is -0.117. The van der Waals surface area contributed by atoms with E-state index in [1.807, 2.05) is 73.7 Å². The van der Waals surface area contributed by atoms with Gasteiger partial charge >= 0.3 is 0 Å². The largest absolute Gasteiger partial charge is 0.285 e. The molecule has 0 aliphatic carbocycles. The summed E-state index contributed by atoms with van der Waals surface area (Å²) in [5.74, 6) is 0.0881. The Morgan fingerprint density at radius 2 is 1.52 bits per heavy atom. The fourth-order valence-corrected chi connectivity index (χ4v) is 2.47. The highest BCUT2D eigenvalue weighted by atomic mass is 16.2. The van der Waals surface area contributed by atoms with Crippen molar-refractivity contribution in [2.75, 3.05) is 4.90 Å². The lowest BCUT2D eigenvalue weighted by Gasteiger charge is -2.25. The lowest BCUT2D eigenvalue weighted by atomic mass is 10.1. The zero-order chi connectivity index (χ0) is 16.7. The predicted octanol–water partition coefficient (Wildman–Crippen LogP) is 5.44.